The Morgan fingerprint density at radius 2 is 1.76 bits per heavy atom. The molecule has 0 radical (unpaired) electrons. The van der Waals surface area contributed by atoms with Gasteiger partial charge < -0.3 is 10.2 Å². The molecule has 5 nitrogen and oxygen atoms in total. The quantitative estimate of drug-likeness (QED) is 0.288. The van der Waals surface area contributed by atoms with Crippen LogP contribution in [-0.2, 0) is 6.18 Å². The molecular weight excluding hydrogens is 495 g/mol. The van der Waals surface area contributed by atoms with Crippen LogP contribution < -0.4 is 5.32 Å². The third-order valence-electron chi connectivity index (χ3n) is 6.71. The van der Waals surface area contributed by atoms with Crippen LogP contribution in [0.2, 0.25) is 0 Å². The van der Waals surface area contributed by atoms with Gasteiger partial charge in [0, 0.05) is 17.7 Å². The van der Waals surface area contributed by atoms with Gasteiger partial charge in [-0.05, 0) is 63.7 Å². The summed E-state index contributed by atoms with van der Waals surface area (Å²) in [6, 6.07) is 17.2. The van der Waals surface area contributed by atoms with E-state index < -0.39 is 11.7 Å². The number of halogens is 3. The molecule has 2 aromatic heterocycles. The van der Waals surface area contributed by atoms with Crippen LogP contribution in [0.5, 0.6) is 0 Å². The molecule has 2 aromatic carbocycles. The molecule has 0 aliphatic carbocycles. The Morgan fingerprint density at radius 3 is 2.49 bits per heavy atom. The number of thiazole rings is 1. The van der Waals surface area contributed by atoms with Gasteiger partial charge in [-0.15, -0.1) is 11.3 Å². The standard InChI is InChI=1S/C28H28F3N5S/c1-18(19-7-4-3-5-8-19)33-27-32-14-11-23(34-27)25-24(21-9-6-10-22(17-21)28(29,30)31)35-26(37-25)20-12-15-36(2)16-13-20/h3-11,14,17-18,20H,12-13,15-16H2,1-2H3,(H,32,33,34)/t18-/m0/s1. The molecule has 3 heterocycles. The maximum Gasteiger partial charge on any atom is 0.416 e. The van der Waals surface area contributed by atoms with E-state index in [2.05, 4.69) is 22.2 Å². The summed E-state index contributed by atoms with van der Waals surface area (Å²) in [6.45, 7) is 3.97. The summed E-state index contributed by atoms with van der Waals surface area (Å²) in [5.74, 6) is 0.732. The second kappa shape index (κ2) is 10.6. The lowest BCUT2D eigenvalue weighted by Crippen LogP contribution is -2.29. The van der Waals surface area contributed by atoms with Crippen LogP contribution in [0.15, 0.2) is 66.9 Å². The van der Waals surface area contributed by atoms with Crippen molar-refractivity contribution in [1.82, 2.24) is 19.9 Å². The first-order chi connectivity index (χ1) is 17.8. The van der Waals surface area contributed by atoms with Crippen LogP contribution >= 0.6 is 11.3 Å². The summed E-state index contributed by atoms with van der Waals surface area (Å²) >= 11 is 1.52. The molecule has 1 fully saturated rings. The molecule has 1 aliphatic rings. The maximum atomic E-state index is 13.5. The first kappa shape index (κ1) is 25.4. The number of likely N-dealkylation sites (tertiary alicyclic amines) is 1. The van der Waals surface area contributed by atoms with Crippen molar-refractivity contribution in [3.63, 3.8) is 0 Å². The van der Waals surface area contributed by atoms with Gasteiger partial charge in [-0.25, -0.2) is 15.0 Å². The summed E-state index contributed by atoms with van der Waals surface area (Å²) in [4.78, 5) is 17.1. The summed E-state index contributed by atoms with van der Waals surface area (Å²) in [5, 5.41) is 4.28. The van der Waals surface area contributed by atoms with Gasteiger partial charge in [0.25, 0.3) is 0 Å². The highest BCUT2D eigenvalue weighted by atomic mass is 32.1. The minimum absolute atomic E-state index is 0.0179. The normalized spacial score (nSPS) is 16.0. The monoisotopic (exact) mass is 523 g/mol. The molecule has 1 aliphatic heterocycles. The zero-order chi connectivity index (χ0) is 26.0. The van der Waals surface area contributed by atoms with Crippen molar-refractivity contribution >= 4 is 17.3 Å². The Bertz CT molecular complexity index is 1350. The first-order valence-corrected chi connectivity index (χ1v) is 13.1. The van der Waals surface area contributed by atoms with E-state index in [1.807, 2.05) is 37.3 Å². The summed E-state index contributed by atoms with van der Waals surface area (Å²) < 4.78 is 40.5. The molecule has 192 valence electrons. The smallest absolute Gasteiger partial charge is 0.348 e. The molecule has 5 rings (SSSR count). The zero-order valence-corrected chi connectivity index (χ0v) is 21.5. The number of hydrogen-bond donors (Lipinski definition) is 1. The molecule has 1 N–H and O–H groups in total. The van der Waals surface area contributed by atoms with Crippen molar-refractivity contribution in [3.05, 3.63) is 83.0 Å². The van der Waals surface area contributed by atoms with Crippen molar-refractivity contribution in [2.24, 2.45) is 0 Å². The highest BCUT2D eigenvalue weighted by Gasteiger charge is 2.31. The number of alkyl halides is 3. The molecule has 0 bridgehead atoms. The molecule has 1 atom stereocenters. The van der Waals surface area contributed by atoms with Gasteiger partial charge in [-0.3, -0.25) is 0 Å². The van der Waals surface area contributed by atoms with E-state index in [-0.39, 0.29) is 12.0 Å². The summed E-state index contributed by atoms with van der Waals surface area (Å²) in [7, 11) is 2.10. The maximum absolute atomic E-state index is 13.5. The minimum atomic E-state index is -4.43. The van der Waals surface area contributed by atoms with Crippen LogP contribution in [0.25, 0.3) is 21.8 Å². The minimum Gasteiger partial charge on any atom is -0.348 e. The van der Waals surface area contributed by atoms with E-state index in [1.54, 1.807) is 18.3 Å². The molecule has 0 spiro atoms. The highest BCUT2D eigenvalue weighted by Crippen LogP contribution is 2.42. The number of aromatic nitrogens is 3. The van der Waals surface area contributed by atoms with Crippen LogP contribution in [0.3, 0.4) is 0 Å². The largest absolute Gasteiger partial charge is 0.416 e. The Morgan fingerprint density at radius 1 is 1.00 bits per heavy atom. The van der Waals surface area contributed by atoms with Gasteiger partial charge in [0.15, 0.2) is 0 Å². The number of benzene rings is 2. The van der Waals surface area contributed by atoms with E-state index in [9.17, 15) is 13.2 Å². The van der Waals surface area contributed by atoms with E-state index in [4.69, 9.17) is 9.97 Å². The van der Waals surface area contributed by atoms with Crippen molar-refractivity contribution in [2.45, 2.75) is 37.9 Å². The fourth-order valence-corrected chi connectivity index (χ4v) is 5.78. The second-order valence-corrected chi connectivity index (χ2v) is 10.5. The lowest BCUT2D eigenvalue weighted by atomic mass is 9.98. The fourth-order valence-electron chi connectivity index (χ4n) is 4.55. The molecule has 0 unspecified atom stereocenters. The summed E-state index contributed by atoms with van der Waals surface area (Å²) in [5.41, 5.74) is 2.02. The molecule has 9 heteroatoms. The lowest BCUT2D eigenvalue weighted by Gasteiger charge is -2.27. The van der Waals surface area contributed by atoms with Crippen molar-refractivity contribution in [3.8, 4) is 21.8 Å². The van der Waals surface area contributed by atoms with Crippen LogP contribution in [-0.4, -0.2) is 40.0 Å². The summed E-state index contributed by atoms with van der Waals surface area (Å²) in [6.07, 6.45) is -0.816. The van der Waals surface area contributed by atoms with Gasteiger partial charge in [-0.2, -0.15) is 13.2 Å². The molecule has 0 saturated carbocycles. The third kappa shape index (κ3) is 5.83. The number of hydrogen-bond acceptors (Lipinski definition) is 6. The SMILES string of the molecule is C[C@H](Nc1nccc(-c2sc(C3CCN(C)CC3)nc2-c2cccc(C(F)(F)F)c2)n1)c1ccccc1. The second-order valence-electron chi connectivity index (χ2n) is 9.43. The average molecular weight is 524 g/mol. The predicted octanol–water partition coefficient (Wildman–Crippen LogP) is 7.27. The van der Waals surface area contributed by atoms with E-state index in [0.29, 0.717) is 22.9 Å². The van der Waals surface area contributed by atoms with Gasteiger partial charge in [0.05, 0.1) is 32.9 Å². The molecule has 0 amide bonds. The van der Waals surface area contributed by atoms with Crippen LogP contribution in [0, 0.1) is 0 Å². The average Bonchev–Trinajstić information content (AvgIpc) is 3.35. The molecule has 4 aromatic rings. The van der Waals surface area contributed by atoms with Gasteiger partial charge in [-0.1, -0.05) is 42.5 Å². The Labute approximate surface area is 218 Å². The highest BCUT2D eigenvalue weighted by molar-refractivity contribution is 7.15. The lowest BCUT2D eigenvalue weighted by molar-refractivity contribution is -0.137. The Kier molecular flexibility index (Phi) is 7.26. The molecular formula is C28H28F3N5S. The van der Waals surface area contributed by atoms with Crippen molar-refractivity contribution in [1.29, 1.82) is 0 Å². The Balaban J connectivity index is 1.53. The number of anilines is 1. The zero-order valence-electron chi connectivity index (χ0n) is 20.7. The van der Waals surface area contributed by atoms with Crippen LogP contribution in [0.4, 0.5) is 19.1 Å². The van der Waals surface area contributed by atoms with E-state index in [1.165, 1.54) is 23.5 Å². The fraction of sp³-hybridized carbons (Fsp3) is 0.321. The topological polar surface area (TPSA) is 53.9 Å². The van der Waals surface area contributed by atoms with Crippen molar-refractivity contribution in [2.75, 3.05) is 25.5 Å². The number of nitrogens with one attached hydrogen (secondary N) is 1. The van der Waals surface area contributed by atoms with Crippen molar-refractivity contribution < 1.29 is 13.2 Å². The van der Waals surface area contributed by atoms with E-state index in [0.717, 1.165) is 47.4 Å². The van der Waals surface area contributed by atoms with Gasteiger partial charge in [0.2, 0.25) is 5.95 Å². The number of rotatable bonds is 6. The Hall–Kier alpha value is -3.30. The van der Waals surface area contributed by atoms with Gasteiger partial charge >= 0.3 is 6.18 Å². The third-order valence-corrected chi connectivity index (χ3v) is 7.95. The molecule has 37 heavy (non-hydrogen) atoms. The molecule has 1 saturated heterocycles. The number of nitrogens with zero attached hydrogens (tertiary/aromatic N) is 4. The van der Waals surface area contributed by atoms with Gasteiger partial charge in [0.1, 0.15) is 0 Å². The van der Waals surface area contributed by atoms with Crippen LogP contribution in [0.1, 0.15) is 47.9 Å². The van der Waals surface area contributed by atoms with E-state index >= 15 is 0 Å². The predicted molar refractivity (Wildman–Crippen MR) is 142 cm³/mol. The first-order valence-electron chi connectivity index (χ1n) is 12.3. The number of piperidine rings is 1.